The molecule has 0 bridgehead atoms. The topological polar surface area (TPSA) is 357 Å². The van der Waals surface area contributed by atoms with E-state index in [1.807, 2.05) is 13.8 Å². The van der Waals surface area contributed by atoms with Crippen molar-refractivity contribution in [2.24, 2.45) is 17.8 Å². The van der Waals surface area contributed by atoms with Crippen LogP contribution in [0.3, 0.4) is 0 Å². The minimum absolute atomic E-state index is 0.0209. The number of carbonyl (C=O) groups excluding carboxylic acids is 13. The Labute approximate surface area is 571 Å². The molecule has 538 valence electrons. The van der Waals surface area contributed by atoms with E-state index in [0.29, 0.717) is 24.2 Å². The summed E-state index contributed by atoms with van der Waals surface area (Å²) in [5, 5.41) is 37.4. The van der Waals surface area contributed by atoms with Crippen LogP contribution in [0.1, 0.15) is 126 Å². The first kappa shape index (κ1) is 80.9. The van der Waals surface area contributed by atoms with Gasteiger partial charge in [-0.15, -0.1) is 0 Å². The molecule has 13 atom stereocenters. The van der Waals surface area contributed by atoms with Crippen molar-refractivity contribution in [3.8, 4) is 0 Å². The molecule has 0 unspecified atom stereocenters. The average molecular weight is 1360 g/mol. The van der Waals surface area contributed by atoms with E-state index >= 15 is 14.4 Å². The van der Waals surface area contributed by atoms with Gasteiger partial charge in [0.05, 0.1) is 25.2 Å². The number of amides is 13. The molecule has 0 spiro atoms. The fraction of sp³-hybridized carbons (Fsp3) is 0.638. The molecule has 2 aromatic rings. The quantitative estimate of drug-likeness (QED) is 0.109. The maximum Gasteiger partial charge on any atom is 0.248 e. The summed E-state index contributed by atoms with van der Waals surface area (Å²) in [6.07, 6.45) is -1.68. The zero-order valence-electron chi connectivity index (χ0n) is 59.6. The Morgan fingerprint density at radius 2 is 1.09 bits per heavy atom. The lowest BCUT2D eigenvalue weighted by molar-refractivity contribution is -0.153. The highest BCUT2D eigenvalue weighted by Gasteiger charge is 2.44. The van der Waals surface area contributed by atoms with Gasteiger partial charge < -0.3 is 76.4 Å². The third-order valence-electron chi connectivity index (χ3n) is 18.1. The lowest BCUT2D eigenvalue weighted by Gasteiger charge is -2.39. The van der Waals surface area contributed by atoms with Crippen molar-refractivity contribution in [1.82, 2.24) is 66.2 Å². The van der Waals surface area contributed by atoms with Crippen LogP contribution in [0.4, 0.5) is 0 Å². The van der Waals surface area contributed by atoms with Gasteiger partial charge in [0.25, 0.3) is 0 Å². The Hall–Kier alpha value is -8.53. The molecule has 2 heterocycles. The molecule has 0 saturated carbocycles. The SMILES string of the molecule is CC(C)C[C@H]1C(=O)N[C@@H]([C@@H](C)O)C(=O)N(C)[C@@H](C)C(=O)N[C@@H]([C@@H](C)O)C(=O)NCC(=O)N[C@H](C(=O)N(C)[C@@H](Cc2ccccc2)C(=O)N[C@@H](C)C(=O)N2CCCCC2)CC(=O)N(C)[C@@H](C)C(=O)N(C)[C@@H](CC(C)C)C(=O)N(C)[C@@H](C(C)C)C(=O)N[C@@H](Cc2ccccc2)C(=O)N1C. The highest BCUT2D eigenvalue weighted by molar-refractivity contribution is 6.00. The maximum absolute atomic E-state index is 15.1. The first-order valence-electron chi connectivity index (χ1n) is 33.5. The number of hydrogen-bond donors (Lipinski definition) is 8. The van der Waals surface area contributed by atoms with E-state index < -0.39 is 168 Å². The van der Waals surface area contributed by atoms with Crippen LogP contribution in [0.15, 0.2) is 60.7 Å². The third-order valence-corrected chi connectivity index (χ3v) is 18.1. The van der Waals surface area contributed by atoms with Gasteiger partial charge in [0, 0.05) is 68.2 Å². The zero-order chi connectivity index (χ0) is 73.0. The predicted octanol–water partition coefficient (Wildman–Crippen LogP) is -0.0403. The molecule has 2 aliphatic heterocycles. The fourth-order valence-corrected chi connectivity index (χ4v) is 11.9. The van der Waals surface area contributed by atoms with E-state index in [-0.39, 0.29) is 43.4 Å². The summed E-state index contributed by atoms with van der Waals surface area (Å²) >= 11 is 0. The number of piperidine rings is 1. The summed E-state index contributed by atoms with van der Waals surface area (Å²) in [6, 6.07) is 1.55. The van der Waals surface area contributed by atoms with Gasteiger partial charge >= 0.3 is 0 Å². The van der Waals surface area contributed by atoms with Gasteiger partial charge in [-0.1, -0.05) is 102 Å². The predicted molar refractivity (Wildman–Crippen MR) is 361 cm³/mol. The number of nitrogens with zero attached hydrogens (tertiary/aromatic N) is 7. The van der Waals surface area contributed by atoms with Gasteiger partial charge in [0.1, 0.15) is 66.5 Å². The molecule has 0 aromatic heterocycles. The number of hydrogen-bond acceptors (Lipinski definition) is 15. The van der Waals surface area contributed by atoms with Crippen molar-refractivity contribution >= 4 is 76.8 Å². The molecule has 28 heteroatoms. The van der Waals surface area contributed by atoms with Gasteiger partial charge in [-0.2, -0.15) is 0 Å². The second-order valence-corrected chi connectivity index (χ2v) is 27.2. The summed E-state index contributed by atoms with van der Waals surface area (Å²) < 4.78 is 0. The van der Waals surface area contributed by atoms with Crippen LogP contribution < -0.4 is 31.9 Å². The van der Waals surface area contributed by atoms with E-state index in [9.17, 15) is 58.2 Å². The molecule has 8 N–H and O–H groups in total. The normalized spacial score (nSPS) is 24.9. The molecule has 2 fully saturated rings. The first-order chi connectivity index (χ1) is 45.4. The van der Waals surface area contributed by atoms with Crippen LogP contribution in [0.5, 0.6) is 0 Å². The molecule has 2 aromatic carbocycles. The molecular formula is C69H107N13O15. The summed E-state index contributed by atoms with van der Waals surface area (Å²) in [6.45, 7) is 17.3. The summed E-state index contributed by atoms with van der Waals surface area (Å²) in [7, 11) is 7.89. The highest BCUT2D eigenvalue weighted by Crippen LogP contribution is 2.23. The smallest absolute Gasteiger partial charge is 0.248 e. The van der Waals surface area contributed by atoms with Gasteiger partial charge in [-0.05, 0) is 95.6 Å². The Morgan fingerprint density at radius 3 is 1.63 bits per heavy atom. The number of benzene rings is 2. The summed E-state index contributed by atoms with van der Waals surface area (Å²) in [4.78, 5) is 197. The van der Waals surface area contributed by atoms with Crippen molar-refractivity contribution in [3.63, 3.8) is 0 Å². The number of aliphatic hydroxyl groups excluding tert-OH is 2. The molecule has 0 radical (unpaired) electrons. The van der Waals surface area contributed by atoms with Crippen LogP contribution in [0.25, 0.3) is 0 Å². The Kier molecular flexibility index (Phi) is 31.1. The van der Waals surface area contributed by atoms with Crippen LogP contribution in [-0.2, 0) is 75.2 Å². The molecule has 13 amide bonds. The average Bonchev–Trinajstić information content (AvgIpc) is 0.831. The zero-order valence-corrected chi connectivity index (χ0v) is 59.6. The van der Waals surface area contributed by atoms with Gasteiger partial charge in [0.15, 0.2) is 0 Å². The molecule has 0 aliphatic carbocycles. The molecule has 2 aliphatic rings. The standard InChI is InChI=1S/C69H107N13O15/c1-39(2)33-51-61(89)75-57(46(11)84)69(97)77(13)43(8)59(87)74-56(45(10)83)62(90)70-38-54(85)72-50(67(95)79(15)52(36-48-29-23-19-24-30-48)60(88)71-42(7)64(92)82-31-25-20-26-32-82)37-55(86)76(12)44(9)65(93)80(16)53(34-40(3)4)68(96)81(17)58(41(5)6)63(91)73-49(66(94)78(51)14)35-47-27-21-18-22-28-47/h18-19,21-24,27-30,39-46,49-53,56-58,83-84H,20,25-26,31-38H2,1-17H3,(H,70,90)(H,71,88)(H,72,85)(H,73,91)(H,74,87)(H,75,89)/t42-,43-,44-,45+,46+,49-,50-,51-,52-,53-,56-,57-,58-/m0/s1. The molecule has 4 rings (SSSR count). The Balaban J connectivity index is 1.88. The minimum Gasteiger partial charge on any atom is -0.391 e. The van der Waals surface area contributed by atoms with E-state index in [0.717, 1.165) is 45.8 Å². The van der Waals surface area contributed by atoms with Crippen molar-refractivity contribution in [3.05, 3.63) is 71.8 Å². The second-order valence-electron chi connectivity index (χ2n) is 27.2. The second kappa shape index (κ2) is 37.3. The van der Waals surface area contributed by atoms with Crippen molar-refractivity contribution in [2.45, 2.75) is 206 Å². The number of carbonyl (C=O) groups is 13. The van der Waals surface area contributed by atoms with Gasteiger partial charge in [0.2, 0.25) is 76.8 Å². The Morgan fingerprint density at radius 1 is 0.567 bits per heavy atom. The van der Waals surface area contributed by atoms with Crippen molar-refractivity contribution < 1.29 is 72.5 Å². The van der Waals surface area contributed by atoms with E-state index in [1.165, 1.54) is 79.8 Å². The lowest BCUT2D eigenvalue weighted by atomic mass is 9.96. The fourth-order valence-electron chi connectivity index (χ4n) is 11.9. The molecular weight excluding hydrogens is 1250 g/mol. The largest absolute Gasteiger partial charge is 0.391 e. The number of likely N-dealkylation sites (N-methyl/N-ethyl adjacent to an activating group) is 6. The molecule has 2 saturated heterocycles. The van der Waals surface area contributed by atoms with Crippen molar-refractivity contribution in [1.29, 1.82) is 0 Å². The van der Waals surface area contributed by atoms with E-state index in [2.05, 4.69) is 31.9 Å². The lowest BCUT2D eigenvalue weighted by Crippen LogP contribution is -2.62. The number of likely N-dealkylation sites (tertiary alicyclic amines) is 1. The van der Waals surface area contributed by atoms with Gasteiger partial charge in [-0.25, -0.2) is 0 Å². The maximum atomic E-state index is 15.1. The number of aliphatic hydroxyl groups is 2. The van der Waals surface area contributed by atoms with Crippen LogP contribution in [0.2, 0.25) is 0 Å². The van der Waals surface area contributed by atoms with Crippen LogP contribution in [0, 0.1) is 17.8 Å². The Bertz CT molecular complexity index is 3070. The van der Waals surface area contributed by atoms with Crippen LogP contribution >= 0.6 is 0 Å². The van der Waals surface area contributed by atoms with Gasteiger partial charge in [-0.3, -0.25) is 62.3 Å². The molecule has 97 heavy (non-hydrogen) atoms. The van der Waals surface area contributed by atoms with Crippen LogP contribution in [-0.4, -0.2) is 262 Å². The molecule has 28 nitrogen and oxygen atoms in total. The monoisotopic (exact) mass is 1360 g/mol. The highest BCUT2D eigenvalue weighted by atomic mass is 16.3. The number of nitrogens with one attached hydrogen (secondary N) is 6. The first-order valence-corrected chi connectivity index (χ1v) is 33.5. The third kappa shape index (κ3) is 22.5. The summed E-state index contributed by atoms with van der Waals surface area (Å²) in [5.41, 5.74) is 1.22. The van der Waals surface area contributed by atoms with Crippen molar-refractivity contribution in [2.75, 3.05) is 61.9 Å². The van der Waals surface area contributed by atoms with E-state index in [4.69, 9.17) is 0 Å². The summed E-state index contributed by atoms with van der Waals surface area (Å²) in [5.74, 6) is -12.0. The number of rotatable bonds is 16. The van der Waals surface area contributed by atoms with E-state index in [1.54, 1.807) is 93.3 Å². The minimum atomic E-state index is -1.84.